The van der Waals surface area contributed by atoms with E-state index in [1.54, 1.807) is 44.3 Å². The summed E-state index contributed by atoms with van der Waals surface area (Å²) in [6.07, 6.45) is 3.88. The van der Waals surface area contributed by atoms with Crippen molar-refractivity contribution in [2.24, 2.45) is 17.4 Å². The van der Waals surface area contributed by atoms with Crippen LogP contribution in [0.3, 0.4) is 0 Å². The molecular formula is C45H58N8O9. The van der Waals surface area contributed by atoms with Crippen LogP contribution in [-0.4, -0.2) is 110 Å². The second-order valence-corrected chi connectivity index (χ2v) is 16.1. The molecular weight excluding hydrogens is 797 g/mol. The molecule has 1 aliphatic rings. The molecule has 5 rings (SSSR count). The fraction of sp³-hybridized carbons (Fsp3) is 0.422. The lowest BCUT2D eigenvalue weighted by molar-refractivity contribution is -0.145. The third kappa shape index (κ3) is 12.5. The molecule has 0 unspecified atom stereocenters. The van der Waals surface area contributed by atoms with Gasteiger partial charge < -0.3 is 57.9 Å². The smallest absolute Gasteiger partial charge is 0.326 e. The van der Waals surface area contributed by atoms with Crippen LogP contribution in [0.1, 0.15) is 62.6 Å². The van der Waals surface area contributed by atoms with E-state index >= 15 is 0 Å². The van der Waals surface area contributed by atoms with Gasteiger partial charge in [0.25, 0.3) is 0 Å². The van der Waals surface area contributed by atoms with Gasteiger partial charge in [0.2, 0.25) is 29.5 Å². The zero-order chi connectivity index (χ0) is 44.9. The first-order chi connectivity index (χ1) is 29.6. The van der Waals surface area contributed by atoms with Crippen molar-refractivity contribution >= 4 is 46.4 Å². The molecule has 6 atom stereocenters. The maximum Gasteiger partial charge on any atom is 0.326 e. The number of phenols is 2. The number of nitrogens with one attached hydrogen (secondary N) is 5. The Morgan fingerprint density at radius 1 is 0.758 bits per heavy atom. The first-order valence-corrected chi connectivity index (χ1v) is 21.0. The highest BCUT2D eigenvalue weighted by Gasteiger charge is 2.40. The number of rotatable bonds is 21. The predicted molar refractivity (Wildman–Crippen MR) is 231 cm³/mol. The van der Waals surface area contributed by atoms with E-state index in [1.807, 2.05) is 24.3 Å². The van der Waals surface area contributed by atoms with E-state index in [9.17, 15) is 44.1 Å². The average molecular weight is 855 g/mol. The molecule has 1 saturated heterocycles. The third-order valence-corrected chi connectivity index (χ3v) is 11.1. The van der Waals surface area contributed by atoms with Gasteiger partial charge >= 0.3 is 5.97 Å². The van der Waals surface area contributed by atoms with Crippen molar-refractivity contribution in [1.29, 1.82) is 0 Å². The Morgan fingerprint density at radius 3 is 1.98 bits per heavy atom. The summed E-state index contributed by atoms with van der Waals surface area (Å²) >= 11 is 0. The molecule has 0 saturated carbocycles. The van der Waals surface area contributed by atoms with Crippen LogP contribution in [0.5, 0.6) is 11.5 Å². The quantitative estimate of drug-likeness (QED) is 0.0539. The summed E-state index contributed by atoms with van der Waals surface area (Å²) in [6.45, 7) is 3.97. The summed E-state index contributed by atoms with van der Waals surface area (Å²) < 4.78 is 0. The van der Waals surface area contributed by atoms with Crippen molar-refractivity contribution in [1.82, 2.24) is 31.2 Å². The summed E-state index contributed by atoms with van der Waals surface area (Å²) in [7, 11) is 0. The number of aromatic nitrogens is 1. The molecule has 3 aromatic carbocycles. The third-order valence-electron chi connectivity index (χ3n) is 11.1. The van der Waals surface area contributed by atoms with E-state index in [0.29, 0.717) is 36.9 Å². The van der Waals surface area contributed by atoms with Gasteiger partial charge in [-0.3, -0.25) is 24.0 Å². The van der Waals surface area contributed by atoms with Crippen LogP contribution in [0.25, 0.3) is 10.9 Å². The van der Waals surface area contributed by atoms with Crippen molar-refractivity contribution in [2.75, 3.05) is 13.1 Å². The van der Waals surface area contributed by atoms with Crippen LogP contribution < -0.4 is 32.7 Å². The van der Waals surface area contributed by atoms with Gasteiger partial charge in [-0.05, 0) is 98.0 Å². The van der Waals surface area contributed by atoms with Crippen LogP contribution in [0.2, 0.25) is 0 Å². The fourth-order valence-corrected chi connectivity index (χ4v) is 7.63. The molecule has 17 heteroatoms. The van der Waals surface area contributed by atoms with Crippen LogP contribution in [0.4, 0.5) is 0 Å². The van der Waals surface area contributed by atoms with Crippen LogP contribution >= 0.6 is 0 Å². The van der Waals surface area contributed by atoms with Crippen molar-refractivity contribution in [3.05, 3.63) is 95.7 Å². The number of likely N-dealkylation sites (tertiary alicyclic amines) is 1. The molecule has 17 nitrogen and oxygen atoms in total. The van der Waals surface area contributed by atoms with Crippen molar-refractivity contribution in [2.45, 2.75) is 101 Å². The van der Waals surface area contributed by atoms with E-state index in [1.165, 1.54) is 29.2 Å². The maximum atomic E-state index is 14.4. The van der Waals surface area contributed by atoms with Gasteiger partial charge in [0.05, 0.1) is 6.04 Å². The van der Waals surface area contributed by atoms with Crippen LogP contribution in [0.15, 0.2) is 79.0 Å². The number of unbranched alkanes of at least 4 members (excludes halogenated alkanes) is 1. The number of para-hydroxylation sites is 1. The number of nitrogens with zero attached hydrogens (tertiary/aromatic N) is 1. The monoisotopic (exact) mass is 854 g/mol. The first kappa shape index (κ1) is 46.6. The molecule has 5 amide bonds. The van der Waals surface area contributed by atoms with Crippen LogP contribution in [-0.2, 0) is 48.0 Å². The molecule has 4 aromatic rings. The number of hydrogen-bond donors (Lipinski definition) is 10. The van der Waals surface area contributed by atoms with Gasteiger partial charge in [-0.15, -0.1) is 0 Å². The summed E-state index contributed by atoms with van der Waals surface area (Å²) in [6, 6.07) is 12.8. The molecule has 62 heavy (non-hydrogen) atoms. The lowest BCUT2D eigenvalue weighted by Gasteiger charge is -2.31. The van der Waals surface area contributed by atoms with Gasteiger partial charge in [-0.1, -0.05) is 56.3 Å². The Bertz CT molecular complexity index is 2180. The molecule has 332 valence electrons. The number of aliphatic carboxylic acids is 1. The number of H-pyrrole nitrogens is 1. The lowest BCUT2D eigenvalue weighted by Crippen LogP contribution is -2.60. The average Bonchev–Trinajstić information content (AvgIpc) is 3.91. The first-order valence-electron chi connectivity index (χ1n) is 21.0. The maximum absolute atomic E-state index is 14.4. The Kier molecular flexibility index (Phi) is 16.4. The number of carboxylic acid groups (broad SMARTS) is 1. The second-order valence-electron chi connectivity index (χ2n) is 16.1. The zero-order valence-corrected chi connectivity index (χ0v) is 35.0. The highest BCUT2D eigenvalue weighted by atomic mass is 16.4. The molecule has 0 radical (unpaired) electrons. The normalized spacial score (nSPS) is 16.2. The zero-order valence-electron chi connectivity index (χ0n) is 35.0. The summed E-state index contributed by atoms with van der Waals surface area (Å²) in [4.78, 5) is 86.4. The highest BCUT2D eigenvalue weighted by Crippen LogP contribution is 2.22. The number of carboxylic acids is 1. The number of hydrogen-bond acceptors (Lipinski definition) is 10. The molecule has 1 aliphatic heterocycles. The predicted octanol–water partition coefficient (Wildman–Crippen LogP) is 1.73. The fourth-order valence-electron chi connectivity index (χ4n) is 7.63. The van der Waals surface area contributed by atoms with Gasteiger partial charge in [-0.2, -0.15) is 0 Å². The van der Waals surface area contributed by atoms with E-state index in [-0.39, 0.29) is 50.1 Å². The van der Waals surface area contributed by atoms with Gasteiger partial charge in [0.15, 0.2) is 0 Å². The minimum atomic E-state index is -1.33. The van der Waals surface area contributed by atoms with Crippen molar-refractivity contribution < 1.29 is 44.1 Å². The standard InChI is InChI=1S/C45H58N8O9/c1-26(2)39(52-41(57)35(10-5-6-20-46)49-40(56)33(47)24-29-25-48-34-9-4-3-8-32(29)34)43(59)50-36(22-27-12-16-30(54)17-13-27)44(60)53-21-7-11-38(53)42(58)51-37(45(61)62)23-28-14-18-31(55)19-15-28/h3-4,8-9,12-19,25-26,33,35-39,48,54-55H,5-7,10-11,20-24,46-47H2,1-2H3,(H,49,56)(H,50,59)(H,51,58)(H,52,57)(H,61,62)/t33-,35-,36-,37-,38-,39-/m0/s1. The Hall–Kier alpha value is -6.46. The molecule has 0 aliphatic carbocycles. The molecule has 1 aromatic heterocycles. The summed E-state index contributed by atoms with van der Waals surface area (Å²) in [5.74, 6) is -4.90. The topological polar surface area (TPSA) is 282 Å². The van der Waals surface area contributed by atoms with E-state index in [0.717, 1.165) is 16.5 Å². The van der Waals surface area contributed by atoms with Crippen LogP contribution in [0, 0.1) is 5.92 Å². The largest absolute Gasteiger partial charge is 0.508 e. The number of aromatic hydroxyl groups is 2. The number of benzene rings is 3. The molecule has 1 fully saturated rings. The minimum absolute atomic E-state index is 0.00549. The Balaban J connectivity index is 1.30. The highest BCUT2D eigenvalue weighted by molar-refractivity contribution is 5.97. The number of carbonyl (C=O) groups excluding carboxylic acids is 5. The van der Waals surface area contributed by atoms with E-state index in [4.69, 9.17) is 11.5 Å². The van der Waals surface area contributed by atoms with Crippen molar-refractivity contribution in [3.63, 3.8) is 0 Å². The number of aromatic amines is 1. The number of nitrogens with two attached hydrogens (primary N) is 2. The number of amides is 5. The SMILES string of the molecule is CC(C)[C@H](NC(=O)[C@H](CCCCN)NC(=O)[C@@H](N)Cc1c[nH]c2ccccc12)C(=O)N[C@@H](Cc1ccc(O)cc1)C(=O)N1CCC[C@H]1C(=O)N[C@@H](Cc1ccc(O)cc1)C(=O)O. The van der Waals surface area contributed by atoms with Gasteiger partial charge in [-0.25, -0.2) is 4.79 Å². The number of phenolic OH excluding ortho intramolecular Hbond substituents is 2. The summed E-state index contributed by atoms with van der Waals surface area (Å²) in [5.41, 5.74) is 15.0. The summed E-state index contributed by atoms with van der Waals surface area (Å²) in [5, 5.41) is 41.4. The minimum Gasteiger partial charge on any atom is -0.508 e. The number of fused-ring (bicyclic) bond motifs is 1. The van der Waals surface area contributed by atoms with E-state index < -0.39 is 77.7 Å². The van der Waals surface area contributed by atoms with Crippen molar-refractivity contribution in [3.8, 4) is 11.5 Å². The van der Waals surface area contributed by atoms with Gasteiger partial charge in [0.1, 0.15) is 41.7 Å². The molecule has 2 heterocycles. The second kappa shape index (κ2) is 21.9. The molecule has 12 N–H and O–H groups in total. The molecule has 0 spiro atoms. The van der Waals surface area contributed by atoms with E-state index in [2.05, 4.69) is 26.3 Å². The lowest BCUT2D eigenvalue weighted by atomic mass is 9.99. The molecule has 0 bridgehead atoms. The van der Waals surface area contributed by atoms with Gasteiger partial charge in [0, 0.05) is 36.5 Å². The Labute approximate surface area is 360 Å². The number of carbonyl (C=O) groups is 6. The Morgan fingerprint density at radius 2 is 1.37 bits per heavy atom.